The lowest BCUT2D eigenvalue weighted by molar-refractivity contribution is -0.150. The summed E-state index contributed by atoms with van der Waals surface area (Å²) in [7, 11) is 0. The Morgan fingerprint density at radius 3 is 2.77 bits per heavy atom. The zero-order valence-corrected chi connectivity index (χ0v) is 13.6. The largest absolute Gasteiger partial charge is 0.374 e. The van der Waals surface area contributed by atoms with E-state index >= 15 is 0 Å². The third kappa shape index (κ3) is 3.80. The van der Waals surface area contributed by atoms with Crippen LogP contribution < -0.4 is 5.73 Å². The number of carbonyl (C=O) groups excluding carboxylic acids is 1. The molecule has 1 amide bonds. The lowest BCUT2D eigenvalue weighted by Gasteiger charge is -2.44. The van der Waals surface area contributed by atoms with Gasteiger partial charge in [0.15, 0.2) is 0 Å². The van der Waals surface area contributed by atoms with Gasteiger partial charge in [-0.25, -0.2) is 0 Å². The number of amides is 1. The van der Waals surface area contributed by atoms with E-state index in [1.807, 2.05) is 35.2 Å². The first kappa shape index (κ1) is 17.3. The van der Waals surface area contributed by atoms with Crippen LogP contribution in [0.25, 0.3) is 0 Å². The molecular weight excluding hydrogens is 300 g/mol. The molecule has 1 aromatic carbocycles. The summed E-state index contributed by atoms with van der Waals surface area (Å²) in [5, 5.41) is 0. The predicted octanol–water partition coefficient (Wildman–Crippen LogP) is 2.15. The fourth-order valence-corrected chi connectivity index (χ4v) is 3.54. The Morgan fingerprint density at radius 2 is 2.00 bits per heavy atom. The summed E-state index contributed by atoms with van der Waals surface area (Å²) in [5.74, 6) is 0.0825. The monoisotopic (exact) mass is 324 g/mol. The molecule has 1 saturated carbocycles. The van der Waals surface area contributed by atoms with Crippen LogP contribution in [0.15, 0.2) is 30.3 Å². The van der Waals surface area contributed by atoms with Gasteiger partial charge in [0.25, 0.3) is 0 Å². The normalized spacial score (nSPS) is 25.8. The van der Waals surface area contributed by atoms with Gasteiger partial charge in [0.2, 0.25) is 5.91 Å². The van der Waals surface area contributed by atoms with Crippen molar-refractivity contribution in [2.75, 3.05) is 13.2 Å². The van der Waals surface area contributed by atoms with Crippen LogP contribution in [0.3, 0.4) is 0 Å². The van der Waals surface area contributed by atoms with Crippen LogP contribution in [0.4, 0.5) is 0 Å². The SMILES string of the molecule is Cl.NC(Cc1ccccc1)C(=O)N1CCOC2CCCCC21. The van der Waals surface area contributed by atoms with Crippen molar-refractivity contribution < 1.29 is 9.53 Å². The predicted molar refractivity (Wildman–Crippen MR) is 89.1 cm³/mol. The topological polar surface area (TPSA) is 55.6 Å². The second kappa shape index (κ2) is 7.95. The standard InChI is InChI=1S/C17H24N2O2.ClH/c18-14(12-13-6-2-1-3-7-13)17(20)19-10-11-21-16-9-5-4-8-15(16)19;/h1-3,6-7,14-16H,4-5,8-12,18H2;1H. The van der Waals surface area contributed by atoms with Crippen molar-refractivity contribution in [2.24, 2.45) is 5.73 Å². The molecule has 2 aliphatic rings. The number of hydrogen-bond acceptors (Lipinski definition) is 3. The maximum atomic E-state index is 12.7. The Labute approximate surface area is 138 Å². The molecule has 0 bridgehead atoms. The summed E-state index contributed by atoms with van der Waals surface area (Å²) in [6, 6.07) is 9.78. The van der Waals surface area contributed by atoms with Gasteiger partial charge in [0.1, 0.15) is 0 Å². The summed E-state index contributed by atoms with van der Waals surface area (Å²) in [6.45, 7) is 1.33. The van der Waals surface area contributed by atoms with E-state index < -0.39 is 6.04 Å². The molecule has 0 spiro atoms. The van der Waals surface area contributed by atoms with E-state index in [0.717, 1.165) is 18.4 Å². The number of ether oxygens (including phenoxy) is 1. The first-order valence-corrected chi connectivity index (χ1v) is 7.97. The van der Waals surface area contributed by atoms with Crippen molar-refractivity contribution in [3.63, 3.8) is 0 Å². The Balaban J connectivity index is 0.00000176. The van der Waals surface area contributed by atoms with Crippen LogP contribution in [0, 0.1) is 0 Å². The van der Waals surface area contributed by atoms with Crippen LogP contribution in [0.5, 0.6) is 0 Å². The Bertz CT molecular complexity index is 481. The van der Waals surface area contributed by atoms with Crippen molar-refractivity contribution >= 4 is 18.3 Å². The van der Waals surface area contributed by atoms with E-state index in [1.54, 1.807) is 0 Å². The minimum absolute atomic E-state index is 0. The van der Waals surface area contributed by atoms with Gasteiger partial charge in [-0.3, -0.25) is 4.79 Å². The lowest BCUT2D eigenvalue weighted by Crippen LogP contribution is -2.58. The molecule has 2 fully saturated rings. The number of morpholine rings is 1. The van der Waals surface area contributed by atoms with Crippen LogP contribution in [-0.2, 0) is 16.0 Å². The Morgan fingerprint density at radius 1 is 1.27 bits per heavy atom. The second-order valence-corrected chi connectivity index (χ2v) is 6.09. The molecule has 0 aromatic heterocycles. The lowest BCUT2D eigenvalue weighted by atomic mass is 9.89. The molecular formula is C17H25ClN2O2. The molecule has 22 heavy (non-hydrogen) atoms. The van der Waals surface area contributed by atoms with E-state index in [4.69, 9.17) is 10.5 Å². The van der Waals surface area contributed by atoms with E-state index in [0.29, 0.717) is 19.6 Å². The second-order valence-electron chi connectivity index (χ2n) is 6.09. The molecule has 4 nitrogen and oxygen atoms in total. The van der Waals surface area contributed by atoms with Crippen LogP contribution in [-0.4, -0.2) is 42.1 Å². The van der Waals surface area contributed by atoms with E-state index in [2.05, 4.69) is 0 Å². The fourth-order valence-electron chi connectivity index (χ4n) is 3.54. The van der Waals surface area contributed by atoms with Gasteiger partial charge in [-0.15, -0.1) is 12.4 Å². The first-order chi connectivity index (χ1) is 10.3. The molecule has 122 valence electrons. The number of nitrogens with two attached hydrogens (primary N) is 1. The van der Waals surface area contributed by atoms with Crippen molar-refractivity contribution in [1.29, 1.82) is 0 Å². The average molecular weight is 325 g/mol. The van der Waals surface area contributed by atoms with Crippen LogP contribution in [0.2, 0.25) is 0 Å². The zero-order valence-electron chi connectivity index (χ0n) is 12.8. The zero-order chi connectivity index (χ0) is 14.7. The molecule has 1 aliphatic carbocycles. The minimum atomic E-state index is -0.451. The van der Waals surface area contributed by atoms with Gasteiger partial charge < -0.3 is 15.4 Å². The molecule has 1 saturated heterocycles. The van der Waals surface area contributed by atoms with Gasteiger partial charge in [0, 0.05) is 6.54 Å². The van der Waals surface area contributed by atoms with Crippen molar-refractivity contribution in [3.8, 4) is 0 Å². The number of rotatable bonds is 3. The summed E-state index contributed by atoms with van der Waals surface area (Å²) in [5.41, 5.74) is 7.29. The highest BCUT2D eigenvalue weighted by molar-refractivity contribution is 5.85. The smallest absolute Gasteiger partial charge is 0.240 e. The van der Waals surface area contributed by atoms with Gasteiger partial charge in [-0.05, 0) is 24.8 Å². The maximum Gasteiger partial charge on any atom is 0.240 e. The van der Waals surface area contributed by atoms with Crippen LogP contribution in [0.1, 0.15) is 31.2 Å². The molecule has 2 N–H and O–H groups in total. The number of halogens is 1. The number of nitrogens with zero attached hydrogens (tertiary/aromatic N) is 1. The molecule has 0 radical (unpaired) electrons. The molecule has 1 aromatic rings. The highest BCUT2D eigenvalue weighted by Gasteiger charge is 2.37. The third-order valence-electron chi connectivity index (χ3n) is 4.63. The van der Waals surface area contributed by atoms with Crippen molar-refractivity contribution in [3.05, 3.63) is 35.9 Å². The van der Waals surface area contributed by atoms with Crippen molar-refractivity contribution in [1.82, 2.24) is 4.90 Å². The summed E-state index contributed by atoms with van der Waals surface area (Å²) < 4.78 is 5.83. The Kier molecular flexibility index (Phi) is 6.24. The number of hydrogen-bond donors (Lipinski definition) is 1. The summed E-state index contributed by atoms with van der Waals surface area (Å²) in [4.78, 5) is 14.7. The van der Waals surface area contributed by atoms with Crippen LogP contribution >= 0.6 is 12.4 Å². The van der Waals surface area contributed by atoms with Gasteiger partial charge >= 0.3 is 0 Å². The summed E-state index contributed by atoms with van der Waals surface area (Å²) in [6.07, 6.45) is 5.34. The first-order valence-electron chi connectivity index (χ1n) is 7.97. The third-order valence-corrected chi connectivity index (χ3v) is 4.63. The molecule has 3 atom stereocenters. The van der Waals surface area contributed by atoms with Gasteiger partial charge in [-0.2, -0.15) is 0 Å². The molecule has 1 aliphatic heterocycles. The summed E-state index contributed by atoms with van der Waals surface area (Å²) >= 11 is 0. The number of fused-ring (bicyclic) bond motifs is 1. The Hall–Kier alpha value is -1.10. The highest BCUT2D eigenvalue weighted by atomic mass is 35.5. The van der Waals surface area contributed by atoms with E-state index in [9.17, 15) is 4.79 Å². The minimum Gasteiger partial charge on any atom is -0.374 e. The number of benzene rings is 1. The molecule has 5 heteroatoms. The van der Waals surface area contributed by atoms with E-state index in [1.165, 1.54) is 12.8 Å². The number of carbonyl (C=O) groups is 1. The molecule has 1 heterocycles. The van der Waals surface area contributed by atoms with Gasteiger partial charge in [-0.1, -0.05) is 43.2 Å². The van der Waals surface area contributed by atoms with Crippen molar-refractivity contribution in [2.45, 2.75) is 50.3 Å². The quantitative estimate of drug-likeness (QED) is 0.927. The fraction of sp³-hybridized carbons (Fsp3) is 0.588. The van der Waals surface area contributed by atoms with E-state index in [-0.39, 0.29) is 30.5 Å². The van der Waals surface area contributed by atoms with Gasteiger partial charge in [0.05, 0.1) is 24.8 Å². The maximum absolute atomic E-state index is 12.7. The highest BCUT2D eigenvalue weighted by Crippen LogP contribution is 2.28. The molecule has 3 rings (SSSR count). The molecule has 3 unspecified atom stereocenters. The average Bonchev–Trinajstić information content (AvgIpc) is 2.54.